The van der Waals surface area contributed by atoms with Crippen molar-refractivity contribution in [1.82, 2.24) is 14.8 Å². The molecule has 27 heavy (non-hydrogen) atoms. The average Bonchev–Trinajstić information content (AvgIpc) is 3.02. The van der Waals surface area contributed by atoms with Crippen molar-refractivity contribution in [2.45, 2.75) is 18.6 Å². The molecule has 0 aliphatic carbocycles. The maximum Gasteiger partial charge on any atom is 0.234 e. The number of amides is 1. The number of aromatic nitrogens is 3. The summed E-state index contributed by atoms with van der Waals surface area (Å²) in [5, 5.41) is 12.1. The number of carbonyl (C=O) groups excluding carboxylic acids is 1. The van der Waals surface area contributed by atoms with Crippen molar-refractivity contribution >= 4 is 23.4 Å². The Hall–Kier alpha value is -2.10. The summed E-state index contributed by atoms with van der Waals surface area (Å²) in [4.78, 5) is 13.6. The molecule has 1 aliphatic heterocycles. The highest BCUT2D eigenvalue weighted by Gasteiger charge is 2.19. The Balaban J connectivity index is 1.48. The van der Waals surface area contributed by atoms with Crippen LogP contribution in [0.2, 0.25) is 0 Å². The van der Waals surface area contributed by atoms with E-state index in [-0.39, 0.29) is 11.7 Å². The Morgan fingerprint density at radius 1 is 1.30 bits per heavy atom. The monoisotopic (exact) mass is 392 g/mol. The van der Waals surface area contributed by atoms with Crippen LogP contribution in [0.15, 0.2) is 29.4 Å². The van der Waals surface area contributed by atoms with Crippen molar-refractivity contribution in [2.75, 3.05) is 44.0 Å². The lowest BCUT2D eigenvalue weighted by atomic mass is 10.3. The lowest BCUT2D eigenvalue weighted by Crippen LogP contribution is -3.12. The average molecular weight is 393 g/mol. The van der Waals surface area contributed by atoms with Gasteiger partial charge in [-0.1, -0.05) is 11.8 Å². The van der Waals surface area contributed by atoms with Crippen LogP contribution in [0.4, 0.5) is 5.69 Å². The summed E-state index contributed by atoms with van der Waals surface area (Å²) in [6.45, 7) is 6.94. The van der Waals surface area contributed by atoms with E-state index in [1.165, 1.54) is 16.7 Å². The third-order valence-electron chi connectivity index (χ3n) is 4.31. The third-order valence-corrected chi connectivity index (χ3v) is 5.33. The number of hydrogen-bond donors (Lipinski definition) is 2. The molecular weight excluding hydrogens is 366 g/mol. The number of ether oxygens (including phenoxy) is 2. The van der Waals surface area contributed by atoms with Gasteiger partial charge in [-0.25, -0.2) is 0 Å². The topological polar surface area (TPSA) is 82.7 Å². The molecule has 2 N–H and O–H groups in total. The summed E-state index contributed by atoms with van der Waals surface area (Å²) >= 11 is 1.39. The molecule has 8 nitrogen and oxygen atoms in total. The van der Waals surface area contributed by atoms with Crippen LogP contribution in [0.1, 0.15) is 12.7 Å². The largest absolute Gasteiger partial charge is 0.494 e. The van der Waals surface area contributed by atoms with Crippen molar-refractivity contribution < 1.29 is 19.2 Å². The van der Waals surface area contributed by atoms with E-state index in [9.17, 15) is 4.79 Å². The highest BCUT2D eigenvalue weighted by atomic mass is 32.2. The zero-order valence-electron chi connectivity index (χ0n) is 15.7. The van der Waals surface area contributed by atoms with E-state index in [2.05, 4.69) is 15.5 Å². The van der Waals surface area contributed by atoms with E-state index in [1.54, 1.807) is 0 Å². The molecule has 0 saturated carbocycles. The highest BCUT2D eigenvalue weighted by Crippen LogP contribution is 2.18. The first-order chi connectivity index (χ1) is 13.2. The van der Waals surface area contributed by atoms with E-state index in [0.29, 0.717) is 6.61 Å². The van der Waals surface area contributed by atoms with Crippen molar-refractivity contribution in [1.29, 1.82) is 0 Å². The quantitative estimate of drug-likeness (QED) is 0.632. The Labute approximate surface area is 163 Å². The smallest absolute Gasteiger partial charge is 0.234 e. The molecule has 1 amide bonds. The van der Waals surface area contributed by atoms with Gasteiger partial charge in [0.25, 0.3) is 0 Å². The zero-order valence-corrected chi connectivity index (χ0v) is 16.6. The second kappa shape index (κ2) is 9.72. The lowest BCUT2D eigenvalue weighted by Gasteiger charge is -2.23. The minimum absolute atomic E-state index is 0.0764. The van der Waals surface area contributed by atoms with Crippen LogP contribution in [0.25, 0.3) is 0 Å². The first-order valence-electron chi connectivity index (χ1n) is 9.10. The van der Waals surface area contributed by atoms with Crippen molar-refractivity contribution in [2.24, 2.45) is 7.05 Å². The fraction of sp³-hybridized carbons (Fsp3) is 0.500. The Kier molecular flexibility index (Phi) is 7.08. The molecular formula is C18H26N5O3S+. The molecule has 0 spiro atoms. The first-order valence-corrected chi connectivity index (χ1v) is 10.1. The molecule has 1 saturated heterocycles. The van der Waals surface area contributed by atoms with Crippen molar-refractivity contribution in [3.63, 3.8) is 0 Å². The van der Waals surface area contributed by atoms with Gasteiger partial charge in [-0.15, -0.1) is 10.2 Å². The van der Waals surface area contributed by atoms with Crippen molar-refractivity contribution in [3.8, 4) is 5.75 Å². The number of thioether (sulfide) groups is 1. The summed E-state index contributed by atoms with van der Waals surface area (Å²) in [5.74, 6) is 1.93. The van der Waals surface area contributed by atoms with Gasteiger partial charge in [0.1, 0.15) is 25.4 Å². The number of hydrogen-bond acceptors (Lipinski definition) is 6. The number of nitrogens with zero attached hydrogens (tertiary/aromatic N) is 3. The van der Waals surface area contributed by atoms with Crippen LogP contribution in [-0.2, 0) is 23.1 Å². The van der Waals surface area contributed by atoms with Gasteiger partial charge < -0.3 is 24.3 Å². The van der Waals surface area contributed by atoms with Gasteiger partial charge in [-0.05, 0) is 31.2 Å². The fourth-order valence-electron chi connectivity index (χ4n) is 2.81. The number of benzene rings is 1. The molecule has 9 heteroatoms. The van der Waals surface area contributed by atoms with Crippen LogP contribution in [0, 0.1) is 0 Å². The molecule has 3 rings (SSSR count). The van der Waals surface area contributed by atoms with Gasteiger partial charge in [0.2, 0.25) is 5.91 Å². The molecule has 0 bridgehead atoms. The third kappa shape index (κ3) is 5.69. The highest BCUT2D eigenvalue weighted by molar-refractivity contribution is 7.99. The van der Waals surface area contributed by atoms with Crippen molar-refractivity contribution in [3.05, 3.63) is 30.1 Å². The van der Waals surface area contributed by atoms with Crippen LogP contribution in [-0.4, -0.2) is 59.3 Å². The second-order valence-electron chi connectivity index (χ2n) is 6.29. The van der Waals surface area contributed by atoms with E-state index in [1.807, 2.05) is 42.8 Å². The molecule has 146 valence electrons. The molecule has 0 radical (unpaired) electrons. The second-order valence-corrected chi connectivity index (χ2v) is 7.23. The lowest BCUT2D eigenvalue weighted by molar-refractivity contribution is -0.922. The van der Waals surface area contributed by atoms with Gasteiger partial charge in [0.15, 0.2) is 11.0 Å². The number of morpholine rings is 1. The van der Waals surface area contributed by atoms with Gasteiger partial charge in [-0.3, -0.25) is 4.79 Å². The van der Waals surface area contributed by atoms with E-state index in [4.69, 9.17) is 9.47 Å². The summed E-state index contributed by atoms with van der Waals surface area (Å²) in [7, 11) is 1.95. The minimum atomic E-state index is -0.0764. The Morgan fingerprint density at radius 3 is 2.74 bits per heavy atom. The molecule has 1 aromatic heterocycles. The molecule has 0 atom stereocenters. The predicted molar refractivity (Wildman–Crippen MR) is 103 cm³/mol. The number of carbonyl (C=O) groups is 1. The summed E-state index contributed by atoms with van der Waals surface area (Å²) in [6.07, 6.45) is 0. The summed E-state index contributed by atoms with van der Waals surface area (Å²) < 4.78 is 12.8. The van der Waals surface area contributed by atoms with E-state index in [0.717, 1.165) is 55.3 Å². The Bertz CT molecular complexity index is 744. The van der Waals surface area contributed by atoms with Gasteiger partial charge in [0.05, 0.1) is 25.6 Å². The van der Waals surface area contributed by atoms with Crippen LogP contribution in [0.5, 0.6) is 5.75 Å². The fourth-order valence-corrected chi connectivity index (χ4v) is 3.54. The number of rotatable bonds is 8. The summed E-state index contributed by atoms with van der Waals surface area (Å²) in [6, 6.07) is 7.35. The Morgan fingerprint density at radius 2 is 2.04 bits per heavy atom. The maximum absolute atomic E-state index is 12.2. The molecule has 1 aromatic carbocycles. The number of nitrogens with one attached hydrogen (secondary N) is 2. The molecule has 2 aromatic rings. The molecule has 1 fully saturated rings. The van der Waals surface area contributed by atoms with Gasteiger partial charge >= 0.3 is 0 Å². The zero-order chi connectivity index (χ0) is 19.1. The van der Waals surface area contributed by atoms with Gasteiger partial charge in [-0.2, -0.15) is 0 Å². The number of anilines is 1. The van der Waals surface area contributed by atoms with Crippen LogP contribution >= 0.6 is 11.8 Å². The molecule has 2 heterocycles. The van der Waals surface area contributed by atoms with Crippen LogP contribution in [0.3, 0.4) is 0 Å². The normalized spacial score (nSPS) is 14.9. The van der Waals surface area contributed by atoms with Crippen LogP contribution < -0.4 is 15.0 Å². The molecule has 0 unspecified atom stereocenters. The SMILES string of the molecule is CCOc1ccc(NC(=O)CSc2nnc(C[NH+]3CCOCC3)n2C)cc1. The number of quaternary nitrogens is 1. The standard InChI is InChI=1S/C18H25N5O3S/c1-3-26-15-6-4-14(5-7-15)19-17(24)13-27-18-21-20-16(22(18)2)12-23-8-10-25-11-9-23/h4-7H,3,8-13H2,1-2H3,(H,19,24)/p+1. The maximum atomic E-state index is 12.2. The van der Waals surface area contributed by atoms with E-state index >= 15 is 0 Å². The predicted octanol–water partition coefficient (Wildman–Crippen LogP) is 0.360. The van der Waals surface area contributed by atoms with E-state index < -0.39 is 0 Å². The molecule has 1 aliphatic rings. The summed E-state index contributed by atoms with van der Waals surface area (Å²) in [5.41, 5.74) is 0.749. The first kappa shape index (κ1) is 19.7. The minimum Gasteiger partial charge on any atom is -0.494 e. The van der Waals surface area contributed by atoms with Gasteiger partial charge in [0, 0.05) is 12.7 Å².